The number of rotatable bonds is 5. The lowest BCUT2D eigenvalue weighted by molar-refractivity contribution is 0.660. The molecule has 0 atom stereocenters. The van der Waals surface area contributed by atoms with E-state index in [-0.39, 0.29) is 10.8 Å². The van der Waals surface area contributed by atoms with E-state index in [2.05, 4.69) is 209 Å². The molecule has 0 bridgehead atoms. The molecule has 0 fully saturated rings. The van der Waals surface area contributed by atoms with Crippen molar-refractivity contribution < 1.29 is 0 Å². The van der Waals surface area contributed by atoms with Crippen molar-refractivity contribution in [3.05, 3.63) is 198 Å². The molecule has 1 aromatic heterocycles. The van der Waals surface area contributed by atoms with E-state index in [1.165, 1.54) is 92.6 Å². The van der Waals surface area contributed by atoms with Gasteiger partial charge in [0.2, 0.25) is 0 Å². The minimum absolute atomic E-state index is 0.122. The average Bonchev–Trinajstić information content (AvgIpc) is 3.82. The largest absolute Gasteiger partial charge is 0.309 e. The van der Waals surface area contributed by atoms with Crippen LogP contribution in [-0.4, -0.2) is 0 Å². The molecule has 0 amide bonds. The Balaban J connectivity index is 1.18. The molecule has 8 aromatic carbocycles. The first-order valence-electron chi connectivity index (χ1n) is 19.7. The van der Waals surface area contributed by atoms with Crippen LogP contribution in [0.5, 0.6) is 0 Å². The summed E-state index contributed by atoms with van der Waals surface area (Å²) in [5.74, 6) is 0. The third-order valence-corrected chi connectivity index (χ3v) is 13.9. The van der Waals surface area contributed by atoms with Gasteiger partial charge in [0, 0.05) is 53.4 Å². The Morgan fingerprint density at radius 3 is 1.84 bits per heavy atom. The number of thiophene rings is 1. The van der Waals surface area contributed by atoms with Gasteiger partial charge in [0.1, 0.15) is 0 Å². The van der Waals surface area contributed by atoms with Gasteiger partial charge in [-0.1, -0.05) is 173 Å². The number of benzene rings is 8. The highest BCUT2D eigenvalue weighted by Gasteiger charge is 2.39. The molecule has 11 rings (SSSR count). The van der Waals surface area contributed by atoms with Crippen LogP contribution < -0.4 is 4.90 Å². The molecule has 2 heteroatoms. The van der Waals surface area contributed by atoms with E-state index >= 15 is 0 Å². The Morgan fingerprint density at radius 1 is 0.411 bits per heavy atom. The quantitative estimate of drug-likeness (QED) is 0.170. The lowest BCUT2D eigenvalue weighted by atomic mass is 9.79. The first-order valence-corrected chi connectivity index (χ1v) is 20.5. The van der Waals surface area contributed by atoms with Gasteiger partial charge in [0.05, 0.1) is 11.4 Å². The fraction of sp³-hybridized carbons (Fsp3) is 0.111. The monoisotopic (exact) mass is 735 g/mol. The van der Waals surface area contributed by atoms with Crippen LogP contribution in [-0.2, 0) is 10.8 Å². The highest BCUT2D eigenvalue weighted by molar-refractivity contribution is 7.26. The number of hydrogen-bond donors (Lipinski definition) is 0. The second-order valence-electron chi connectivity index (χ2n) is 16.5. The summed E-state index contributed by atoms with van der Waals surface area (Å²) in [6, 6.07) is 65.7. The first-order chi connectivity index (χ1) is 27.3. The lowest BCUT2D eigenvalue weighted by Crippen LogP contribution is -2.17. The zero-order valence-corrected chi connectivity index (χ0v) is 32.9. The standard InChI is InChI=1S/C54H41NS/c1-53(2)45-28-10-6-22-43(45)50-46(53)29-16-31-48(50)55(47-30-11-7-20-38(47)41-25-15-26-42-39-21-8-12-32-49(39)56-52(41)42)35-18-13-17-34(33-35)36-23-14-24-40-37-19-5-9-27-44(37)54(3,4)51(36)40/h5-33H,1-4H3. The van der Waals surface area contributed by atoms with E-state index in [0.29, 0.717) is 0 Å². The summed E-state index contributed by atoms with van der Waals surface area (Å²) in [6.07, 6.45) is 0. The van der Waals surface area contributed by atoms with Crippen molar-refractivity contribution in [2.24, 2.45) is 0 Å². The molecule has 1 heterocycles. The van der Waals surface area contributed by atoms with Crippen LogP contribution >= 0.6 is 11.3 Å². The summed E-state index contributed by atoms with van der Waals surface area (Å²) >= 11 is 1.89. The van der Waals surface area contributed by atoms with Gasteiger partial charge in [-0.3, -0.25) is 0 Å². The first kappa shape index (κ1) is 33.1. The molecule has 0 saturated heterocycles. The number of para-hydroxylation sites is 1. The molecule has 56 heavy (non-hydrogen) atoms. The van der Waals surface area contributed by atoms with Crippen LogP contribution in [0.2, 0.25) is 0 Å². The fourth-order valence-electron chi connectivity index (χ4n) is 10.1. The predicted molar refractivity (Wildman–Crippen MR) is 240 cm³/mol. The molecule has 0 spiro atoms. The van der Waals surface area contributed by atoms with E-state index in [0.717, 1.165) is 11.4 Å². The Labute approximate surface area is 333 Å². The fourth-order valence-corrected chi connectivity index (χ4v) is 11.3. The van der Waals surface area contributed by atoms with Crippen LogP contribution in [0.25, 0.3) is 64.7 Å². The van der Waals surface area contributed by atoms with Gasteiger partial charge in [0.15, 0.2) is 0 Å². The van der Waals surface area contributed by atoms with Gasteiger partial charge in [-0.2, -0.15) is 0 Å². The average molecular weight is 736 g/mol. The van der Waals surface area contributed by atoms with E-state index < -0.39 is 0 Å². The second-order valence-corrected chi connectivity index (χ2v) is 17.5. The van der Waals surface area contributed by atoms with Crippen LogP contribution in [0.1, 0.15) is 49.9 Å². The molecular weight excluding hydrogens is 695 g/mol. The molecule has 9 aromatic rings. The maximum Gasteiger partial charge on any atom is 0.0543 e. The smallest absolute Gasteiger partial charge is 0.0543 e. The van der Waals surface area contributed by atoms with Gasteiger partial charge in [-0.25, -0.2) is 0 Å². The van der Waals surface area contributed by atoms with Crippen molar-refractivity contribution >= 4 is 48.6 Å². The lowest BCUT2D eigenvalue weighted by Gasteiger charge is -2.31. The Morgan fingerprint density at radius 2 is 0.982 bits per heavy atom. The molecule has 0 saturated carbocycles. The van der Waals surface area contributed by atoms with Crippen LogP contribution in [0.15, 0.2) is 176 Å². The highest BCUT2D eigenvalue weighted by atomic mass is 32.1. The minimum atomic E-state index is -0.122. The van der Waals surface area contributed by atoms with Crippen molar-refractivity contribution in [1.29, 1.82) is 0 Å². The SMILES string of the molecule is CC1(C)c2ccccc2-c2c(N(c3cccc(-c4cccc5c4C(C)(C)c4ccccc4-5)c3)c3ccccc3-c3cccc4c3sc3ccccc34)cccc21. The highest BCUT2D eigenvalue weighted by Crippen LogP contribution is 2.56. The van der Waals surface area contributed by atoms with Gasteiger partial charge < -0.3 is 4.90 Å². The molecule has 268 valence electrons. The van der Waals surface area contributed by atoms with Gasteiger partial charge in [-0.05, 0) is 80.4 Å². The molecule has 2 aliphatic rings. The summed E-state index contributed by atoms with van der Waals surface area (Å²) in [4.78, 5) is 2.55. The van der Waals surface area contributed by atoms with Gasteiger partial charge in [0.25, 0.3) is 0 Å². The summed E-state index contributed by atoms with van der Waals surface area (Å²) in [5, 5.41) is 2.63. The van der Waals surface area contributed by atoms with Gasteiger partial charge >= 0.3 is 0 Å². The zero-order valence-electron chi connectivity index (χ0n) is 32.1. The molecule has 2 aliphatic carbocycles. The zero-order chi connectivity index (χ0) is 37.8. The molecule has 0 unspecified atom stereocenters. The molecule has 0 radical (unpaired) electrons. The van der Waals surface area contributed by atoms with E-state index in [4.69, 9.17) is 0 Å². The summed E-state index contributed by atoms with van der Waals surface area (Å²) < 4.78 is 2.64. The maximum absolute atomic E-state index is 2.55. The molecule has 0 N–H and O–H groups in total. The normalized spacial score (nSPS) is 14.4. The third kappa shape index (κ3) is 4.66. The van der Waals surface area contributed by atoms with E-state index in [9.17, 15) is 0 Å². The summed E-state index contributed by atoms with van der Waals surface area (Å²) in [5.41, 5.74) is 19.1. The predicted octanol–water partition coefficient (Wildman–Crippen LogP) is 15.5. The molecule has 0 aliphatic heterocycles. The Kier molecular flexibility index (Phi) is 7.18. The minimum Gasteiger partial charge on any atom is -0.309 e. The van der Waals surface area contributed by atoms with Crippen LogP contribution in [0, 0.1) is 0 Å². The van der Waals surface area contributed by atoms with Crippen molar-refractivity contribution in [2.45, 2.75) is 38.5 Å². The topological polar surface area (TPSA) is 3.24 Å². The van der Waals surface area contributed by atoms with Crippen LogP contribution in [0.4, 0.5) is 17.1 Å². The van der Waals surface area contributed by atoms with Crippen molar-refractivity contribution in [2.75, 3.05) is 4.90 Å². The molecule has 1 nitrogen and oxygen atoms in total. The van der Waals surface area contributed by atoms with Crippen molar-refractivity contribution in [3.8, 4) is 44.5 Å². The van der Waals surface area contributed by atoms with Crippen molar-refractivity contribution in [1.82, 2.24) is 0 Å². The summed E-state index contributed by atoms with van der Waals surface area (Å²) in [6.45, 7) is 9.51. The number of anilines is 3. The number of nitrogens with zero attached hydrogens (tertiary/aromatic N) is 1. The van der Waals surface area contributed by atoms with E-state index in [1.54, 1.807) is 0 Å². The Hall–Kier alpha value is -6.22. The molecular formula is C54H41NS. The van der Waals surface area contributed by atoms with Gasteiger partial charge in [-0.15, -0.1) is 11.3 Å². The third-order valence-electron chi connectivity index (χ3n) is 12.7. The van der Waals surface area contributed by atoms with Crippen molar-refractivity contribution in [3.63, 3.8) is 0 Å². The van der Waals surface area contributed by atoms with E-state index in [1.807, 2.05) is 11.3 Å². The number of fused-ring (bicyclic) bond motifs is 9. The van der Waals surface area contributed by atoms with Crippen LogP contribution in [0.3, 0.4) is 0 Å². The maximum atomic E-state index is 2.55. The second kappa shape index (κ2) is 12.1. The Bertz CT molecular complexity index is 3050. The number of hydrogen-bond acceptors (Lipinski definition) is 2. The summed E-state index contributed by atoms with van der Waals surface area (Å²) in [7, 11) is 0.